The van der Waals surface area contributed by atoms with E-state index in [1.165, 1.54) is 0 Å². The third-order valence-corrected chi connectivity index (χ3v) is 3.91. The predicted molar refractivity (Wildman–Crippen MR) is 94.9 cm³/mol. The van der Waals surface area contributed by atoms with Crippen molar-refractivity contribution in [3.8, 4) is 0 Å². The molecule has 2 heterocycles. The number of aryl methyl sites for hydroxylation is 1. The second kappa shape index (κ2) is 7.27. The summed E-state index contributed by atoms with van der Waals surface area (Å²) in [5.74, 6) is 1.56. The molecule has 7 heteroatoms. The second-order valence-electron chi connectivity index (χ2n) is 5.05. The highest BCUT2D eigenvalue weighted by molar-refractivity contribution is 9.10. The molecule has 0 saturated heterocycles. The lowest BCUT2D eigenvalue weighted by Gasteiger charge is -2.09. The van der Waals surface area contributed by atoms with Crippen molar-refractivity contribution in [2.24, 2.45) is 0 Å². The van der Waals surface area contributed by atoms with Crippen LogP contribution in [0, 0.1) is 6.92 Å². The van der Waals surface area contributed by atoms with Crippen molar-refractivity contribution in [2.45, 2.75) is 13.5 Å². The van der Waals surface area contributed by atoms with E-state index >= 15 is 0 Å². The largest absolute Gasteiger partial charge is 0.467 e. The normalized spacial score (nSPS) is 10.4. The Morgan fingerprint density at radius 1 is 1.21 bits per heavy atom. The predicted octanol–water partition coefficient (Wildman–Crippen LogP) is 4.00. The highest BCUT2D eigenvalue weighted by Gasteiger charge is 2.12. The van der Waals surface area contributed by atoms with Gasteiger partial charge in [0.25, 0.3) is 5.91 Å². The number of halogens is 1. The van der Waals surface area contributed by atoms with E-state index in [1.807, 2.05) is 36.4 Å². The van der Waals surface area contributed by atoms with E-state index in [1.54, 1.807) is 19.3 Å². The Bertz CT molecular complexity index is 850. The quantitative estimate of drug-likeness (QED) is 0.692. The molecule has 24 heavy (non-hydrogen) atoms. The summed E-state index contributed by atoms with van der Waals surface area (Å²) in [4.78, 5) is 20.9. The van der Waals surface area contributed by atoms with Crippen molar-refractivity contribution in [1.82, 2.24) is 9.97 Å². The van der Waals surface area contributed by atoms with E-state index in [9.17, 15) is 4.79 Å². The van der Waals surface area contributed by atoms with E-state index in [4.69, 9.17) is 4.42 Å². The minimum absolute atomic E-state index is 0.292. The molecule has 0 atom stereocenters. The number of rotatable bonds is 5. The lowest BCUT2D eigenvalue weighted by molar-refractivity contribution is 0.102. The molecule has 0 radical (unpaired) electrons. The Morgan fingerprint density at radius 3 is 2.79 bits per heavy atom. The van der Waals surface area contributed by atoms with Gasteiger partial charge in [0.1, 0.15) is 23.1 Å². The van der Waals surface area contributed by atoms with Gasteiger partial charge in [0.15, 0.2) is 0 Å². The van der Waals surface area contributed by atoms with E-state index in [0.717, 1.165) is 10.2 Å². The highest BCUT2D eigenvalue weighted by atomic mass is 79.9. The fourth-order valence-corrected chi connectivity index (χ4v) is 2.50. The summed E-state index contributed by atoms with van der Waals surface area (Å²) in [5.41, 5.74) is 0.976. The van der Waals surface area contributed by atoms with Gasteiger partial charge in [-0.2, -0.15) is 0 Å². The molecule has 3 aromatic rings. The van der Waals surface area contributed by atoms with Gasteiger partial charge in [-0.1, -0.05) is 12.1 Å². The zero-order valence-corrected chi connectivity index (χ0v) is 14.5. The summed E-state index contributed by atoms with van der Waals surface area (Å²) in [6.07, 6.45) is 1.61. The van der Waals surface area contributed by atoms with Gasteiger partial charge in [-0.3, -0.25) is 4.79 Å². The SMILES string of the molecule is Cc1nc(NCc2ccco2)cc(C(=O)Nc2ccccc2Br)n1. The summed E-state index contributed by atoms with van der Waals surface area (Å²) >= 11 is 3.40. The van der Waals surface area contributed by atoms with E-state index in [2.05, 4.69) is 36.5 Å². The number of hydrogen-bond acceptors (Lipinski definition) is 5. The lowest BCUT2D eigenvalue weighted by Crippen LogP contribution is -2.16. The number of anilines is 2. The number of nitrogens with zero attached hydrogens (tertiary/aromatic N) is 2. The maximum Gasteiger partial charge on any atom is 0.274 e. The Kier molecular flexibility index (Phi) is 4.90. The van der Waals surface area contributed by atoms with Crippen LogP contribution < -0.4 is 10.6 Å². The first-order valence-corrected chi connectivity index (χ1v) is 8.09. The Morgan fingerprint density at radius 2 is 2.04 bits per heavy atom. The number of benzene rings is 1. The van der Waals surface area contributed by atoms with Crippen LogP contribution in [0.25, 0.3) is 0 Å². The average Bonchev–Trinajstić information content (AvgIpc) is 3.08. The van der Waals surface area contributed by atoms with Crippen LogP contribution in [0.4, 0.5) is 11.5 Å². The van der Waals surface area contributed by atoms with Crippen molar-refractivity contribution < 1.29 is 9.21 Å². The molecule has 0 spiro atoms. The Labute approximate surface area is 147 Å². The van der Waals surface area contributed by atoms with Crippen molar-refractivity contribution in [3.63, 3.8) is 0 Å². The molecule has 1 aromatic carbocycles. The number of amides is 1. The molecule has 3 rings (SSSR count). The topological polar surface area (TPSA) is 80.0 Å². The zero-order valence-electron chi connectivity index (χ0n) is 12.9. The summed E-state index contributed by atoms with van der Waals surface area (Å²) in [6, 6.07) is 12.7. The summed E-state index contributed by atoms with van der Waals surface area (Å²) < 4.78 is 6.07. The summed E-state index contributed by atoms with van der Waals surface area (Å²) in [6.45, 7) is 2.22. The minimum atomic E-state index is -0.298. The lowest BCUT2D eigenvalue weighted by atomic mass is 10.3. The molecule has 0 fully saturated rings. The van der Waals surface area contributed by atoms with Crippen molar-refractivity contribution in [1.29, 1.82) is 0 Å². The van der Waals surface area contributed by atoms with Gasteiger partial charge in [0.2, 0.25) is 0 Å². The number of hydrogen-bond donors (Lipinski definition) is 2. The second-order valence-corrected chi connectivity index (χ2v) is 5.91. The van der Waals surface area contributed by atoms with Crippen LogP contribution in [0.15, 0.2) is 57.6 Å². The smallest absolute Gasteiger partial charge is 0.274 e. The molecule has 1 amide bonds. The van der Waals surface area contributed by atoms with Crippen molar-refractivity contribution in [3.05, 3.63) is 70.5 Å². The fraction of sp³-hybridized carbons (Fsp3) is 0.118. The number of para-hydroxylation sites is 1. The van der Waals surface area contributed by atoms with Gasteiger partial charge in [0.05, 0.1) is 18.5 Å². The molecule has 6 nitrogen and oxygen atoms in total. The molecule has 0 saturated carbocycles. The van der Waals surface area contributed by atoms with Crippen LogP contribution in [0.3, 0.4) is 0 Å². The Balaban J connectivity index is 1.75. The first-order chi connectivity index (χ1) is 11.6. The van der Waals surface area contributed by atoms with Gasteiger partial charge < -0.3 is 15.1 Å². The van der Waals surface area contributed by atoms with Gasteiger partial charge in [-0.05, 0) is 47.1 Å². The number of carbonyl (C=O) groups excluding carboxylic acids is 1. The molecular weight excluding hydrogens is 372 g/mol. The molecule has 2 N–H and O–H groups in total. The number of nitrogens with one attached hydrogen (secondary N) is 2. The number of furan rings is 1. The van der Waals surface area contributed by atoms with Crippen LogP contribution >= 0.6 is 15.9 Å². The monoisotopic (exact) mass is 386 g/mol. The third-order valence-electron chi connectivity index (χ3n) is 3.22. The maximum atomic E-state index is 12.4. The zero-order chi connectivity index (χ0) is 16.9. The van der Waals surface area contributed by atoms with Crippen LogP contribution in [0.1, 0.15) is 22.1 Å². The van der Waals surface area contributed by atoms with E-state index in [-0.39, 0.29) is 5.91 Å². The van der Waals surface area contributed by atoms with E-state index < -0.39 is 0 Å². The Hall–Kier alpha value is -2.67. The first kappa shape index (κ1) is 16.2. The first-order valence-electron chi connectivity index (χ1n) is 7.29. The highest BCUT2D eigenvalue weighted by Crippen LogP contribution is 2.22. The molecule has 122 valence electrons. The van der Waals surface area contributed by atoms with Crippen LogP contribution in [0.5, 0.6) is 0 Å². The fourth-order valence-electron chi connectivity index (χ4n) is 2.11. The number of aromatic nitrogens is 2. The number of carbonyl (C=O) groups is 1. The van der Waals surface area contributed by atoms with Gasteiger partial charge in [0, 0.05) is 10.5 Å². The van der Waals surface area contributed by atoms with Gasteiger partial charge >= 0.3 is 0 Å². The molecule has 0 bridgehead atoms. The third kappa shape index (κ3) is 3.99. The summed E-state index contributed by atoms with van der Waals surface area (Å²) in [5, 5.41) is 5.95. The average molecular weight is 387 g/mol. The standard InChI is InChI=1S/C17H15BrN4O2/c1-11-20-15(17(23)22-14-7-3-2-6-13(14)18)9-16(21-11)19-10-12-5-4-8-24-12/h2-9H,10H2,1H3,(H,22,23)(H,19,20,21). The van der Waals surface area contributed by atoms with Crippen LogP contribution in [0.2, 0.25) is 0 Å². The maximum absolute atomic E-state index is 12.4. The van der Waals surface area contributed by atoms with Crippen molar-refractivity contribution in [2.75, 3.05) is 10.6 Å². The van der Waals surface area contributed by atoms with Gasteiger partial charge in [-0.15, -0.1) is 0 Å². The molecule has 2 aromatic heterocycles. The minimum Gasteiger partial charge on any atom is -0.467 e. The molecule has 0 aliphatic heterocycles. The van der Waals surface area contributed by atoms with Gasteiger partial charge in [-0.25, -0.2) is 9.97 Å². The molecule has 0 unspecified atom stereocenters. The van der Waals surface area contributed by atoms with Crippen LogP contribution in [-0.2, 0) is 6.54 Å². The molecular formula is C17H15BrN4O2. The molecule has 0 aliphatic rings. The van der Waals surface area contributed by atoms with E-state index in [0.29, 0.717) is 29.6 Å². The molecule has 0 aliphatic carbocycles. The van der Waals surface area contributed by atoms with Crippen molar-refractivity contribution >= 4 is 33.3 Å². The summed E-state index contributed by atoms with van der Waals surface area (Å²) in [7, 11) is 0. The van der Waals surface area contributed by atoms with Crippen LogP contribution in [-0.4, -0.2) is 15.9 Å².